The average Bonchev–Trinajstić information content (AvgIpc) is 3.32. The summed E-state index contributed by atoms with van der Waals surface area (Å²) >= 11 is 1.79. The van der Waals surface area contributed by atoms with Crippen LogP contribution in [0, 0.1) is 0 Å². The van der Waals surface area contributed by atoms with Gasteiger partial charge in [0.1, 0.15) is 0 Å². The fourth-order valence-corrected chi connectivity index (χ4v) is 5.28. The quantitative estimate of drug-likeness (QED) is 0.214. The van der Waals surface area contributed by atoms with Crippen LogP contribution in [-0.4, -0.2) is 26.3 Å². The second-order valence-corrected chi connectivity index (χ2v) is 9.24. The molecule has 7 heteroatoms. The molecule has 0 atom stereocenters. The van der Waals surface area contributed by atoms with Crippen LogP contribution in [0.5, 0.6) is 23.0 Å². The molecule has 0 spiro atoms. The Morgan fingerprint density at radius 3 is 2.65 bits per heavy atom. The van der Waals surface area contributed by atoms with Gasteiger partial charge in [-0.3, -0.25) is 0 Å². The number of methoxy groups -OCH3 is 1. The van der Waals surface area contributed by atoms with Crippen molar-refractivity contribution in [2.75, 3.05) is 26.3 Å². The summed E-state index contributed by atoms with van der Waals surface area (Å²) in [6.45, 7) is 1.79. The smallest absolute Gasteiger partial charge is 0.231 e. The van der Waals surface area contributed by atoms with E-state index in [9.17, 15) is 0 Å². The third-order valence-electron chi connectivity index (χ3n) is 6.14. The fourth-order valence-electron chi connectivity index (χ4n) is 4.53. The highest BCUT2D eigenvalue weighted by atomic mass is 79.9. The Balaban J connectivity index is 0.00000241. The lowest BCUT2D eigenvalue weighted by Crippen LogP contribution is -3.00. The Hall–Kier alpha value is -2.90. The van der Waals surface area contributed by atoms with Crippen LogP contribution in [0.2, 0.25) is 0 Å². The zero-order chi connectivity index (χ0) is 22.2. The highest BCUT2D eigenvalue weighted by Crippen LogP contribution is 2.41. The summed E-state index contributed by atoms with van der Waals surface area (Å²) in [5, 5.41) is 2.19. The van der Waals surface area contributed by atoms with Gasteiger partial charge in [0, 0.05) is 23.1 Å². The van der Waals surface area contributed by atoms with Crippen molar-refractivity contribution in [1.82, 2.24) is 0 Å². The highest BCUT2D eigenvalue weighted by molar-refractivity contribution is 7.99. The van der Waals surface area contributed by atoms with Crippen molar-refractivity contribution in [3.63, 3.8) is 0 Å². The molecule has 0 saturated heterocycles. The molecule has 0 saturated carbocycles. The van der Waals surface area contributed by atoms with Gasteiger partial charge in [-0.2, -0.15) is 4.57 Å². The second-order valence-electron chi connectivity index (χ2n) is 8.07. The van der Waals surface area contributed by atoms with E-state index in [0.29, 0.717) is 13.4 Å². The third kappa shape index (κ3) is 4.18. The molecule has 0 aliphatic carbocycles. The molecular weight excluding hydrogens is 514 g/mol. The van der Waals surface area contributed by atoms with Gasteiger partial charge in [0.25, 0.3) is 0 Å². The molecule has 0 bridgehead atoms. The predicted molar refractivity (Wildman–Crippen MR) is 129 cm³/mol. The number of hydrogen-bond acceptors (Lipinski definition) is 5. The third-order valence-corrected chi connectivity index (χ3v) is 7.11. The number of hydrogen-bond donors (Lipinski definition) is 0. The lowest BCUT2D eigenvalue weighted by atomic mass is 9.95. The molecule has 0 amide bonds. The number of aryl methyl sites for hydroxylation is 2. The number of benzene rings is 3. The van der Waals surface area contributed by atoms with Crippen LogP contribution in [0.15, 0.2) is 71.8 Å². The van der Waals surface area contributed by atoms with Crippen LogP contribution in [0.1, 0.15) is 5.56 Å². The monoisotopic (exact) mass is 537 g/mol. The van der Waals surface area contributed by atoms with E-state index >= 15 is 0 Å². The van der Waals surface area contributed by atoms with E-state index in [1.165, 1.54) is 21.7 Å². The van der Waals surface area contributed by atoms with Gasteiger partial charge in [0.15, 0.2) is 35.7 Å². The Kier molecular flexibility index (Phi) is 6.57. The first kappa shape index (κ1) is 22.9. The maximum Gasteiger partial charge on any atom is 0.231 e. The first-order valence-electron chi connectivity index (χ1n) is 11.1. The minimum atomic E-state index is 0. The summed E-state index contributed by atoms with van der Waals surface area (Å²) in [6.07, 6.45) is 3.14. The van der Waals surface area contributed by atoms with Gasteiger partial charge < -0.3 is 35.9 Å². The Labute approximate surface area is 213 Å². The standard InChI is InChI=1S/C27H24NO4S.BrH/c1-29-24-8-7-18-13-23-21-15-26-25(31-17-32-26)14-19(21)9-10-28(23)16-22(18)27(24)30-11-12-33-20-5-3-2-4-6-20;/h2-8,13-16H,9-12,17H2,1H3;1H/q+1;/p-1. The Morgan fingerprint density at radius 2 is 1.82 bits per heavy atom. The molecule has 3 aromatic carbocycles. The van der Waals surface area contributed by atoms with E-state index in [-0.39, 0.29) is 17.0 Å². The van der Waals surface area contributed by atoms with Crippen molar-refractivity contribution in [2.45, 2.75) is 17.9 Å². The zero-order valence-corrected chi connectivity index (χ0v) is 21.2. The van der Waals surface area contributed by atoms with E-state index in [1.807, 2.05) is 12.1 Å². The Morgan fingerprint density at radius 1 is 1.00 bits per heavy atom. The molecule has 6 rings (SSSR count). The van der Waals surface area contributed by atoms with Crippen LogP contribution in [0.3, 0.4) is 0 Å². The summed E-state index contributed by atoms with van der Waals surface area (Å²) in [4.78, 5) is 1.25. The number of pyridine rings is 1. The number of aromatic nitrogens is 1. The van der Waals surface area contributed by atoms with Crippen molar-refractivity contribution in [2.24, 2.45) is 0 Å². The molecule has 2 aliphatic heterocycles. The van der Waals surface area contributed by atoms with Gasteiger partial charge in [-0.1, -0.05) is 18.2 Å². The summed E-state index contributed by atoms with van der Waals surface area (Å²) in [5.74, 6) is 4.08. The van der Waals surface area contributed by atoms with E-state index in [2.05, 4.69) is 59.3 Å². The van der Waals surface area contributed by atoms with Crippen LogP contribution < -0.4 is 40.5 Å². The maximum absolute atomic E-state index is 6.29. The molecule has 2 aliphatic rings. The van der Waals surface area contributed by atoms with Crippen molar-refractivity contribution in [3.8, 4) is 34.3 Å². The largest absolute Gasteiger partial charge is 1.00 e. The molecule has 34 heavy (non-hydrogen) atoms. The average molecular weight is 538 g/mol. The first-order valence-corrected chi connectivity index (χ1v) is 12.1. The van der Waals surface area contributed by atoms with Gasteiger partial charge >= 0.3 is 0 Å². The van der Waals surface area contributed by atoms with Gasteiger partial charge in [-0.25, -0.2) is 0 Å². The number of fused-ring (bicyclic) bond motifs is 5. The minimum Gasteiger partial charge on any atom is -1.00 e. The van der Waals surface area contributed by atoms with Crippen LogP contribution >= 0.6 is 11.8 Å². The SMILES string of the molecule is COc1ccc2cc3[n+](cc2c1OCCSc1ccccc1)CCc1cc2c(cc1-3)OCO2.[Br-]. The normalized spacial score (nSPS) is 13.1. The molecule has 0 unspecified atom stereocenters. The summed E-state index contributed by atoms with van der Waals surface area (Å²) < 4.78 is 25.5. The lowest BCUT2D eigenvalue weighted by Gasteiger charge is -2.18. The molecular formula is C27H24BrNO4S. The molecule has 5 nitrogen and oxygen atoms in total. The van der Waals surface area contributed by atoms with E-state index in [0.717, 1.165) is 52.5 Å². The molecule has 4 aromatic rings. The number of rotatable bonds is 6. The fraction of sp³-hybridized carbons (Fsp3) is 0.222. The van der Waals surface area contributed by atoms with Gasteiger partial charge in [-0.15, -0.1) is 11.8 Å². The van der Waals surface area contributed by atoms with Crippen LogP contribution in [0.25, 0.3) is 22.0 Å². The van der Waals surface area contributed by atoms with E-state index in [1.54, 1.807) is 18.9 Å². The number of ether oxygens (including phenoxy) is 4. The van der Waals surface area contributed by atoms with Crippen molar-refractivity contribution in [3.05, 3.63) is 72.4 Å². The van der Waals surface area contributed by atoms with Crippen molar-refractivity contribution in [1.29, 1.82) is 0 Å². The van der Waals surface area contributed by atoms with Crippen molar-refractivity contribution < 1.29 is 40.5 Å². The number of halogens is 1. The predicted octanol–water partition coefficient (Wildman–Crippen LogP) is 2.26. The number of thioether (sulfide) groups is 1. The molecule has 3 heterocycles. The lowest BCUT2D eigenvalue weighted by molar-refractivity contribution is -0.686. The van der Waals surface area contributed by atoms with E-state index in [4.69, 9.17) is 18.9 Å². The van der Waals surface area contributed by atoms with Gasteiger partial charge in [0.05, 0.1) is 24.7 Å². The molecule has 174 valence electrons. The molecule has 1 aromatic heterocycles. The number of nitrogens with zero attached hydrogens (tertiary/aromatic N) is 1. The summed E-state index contributed by atoms with van der Waals surface area (Å²) in [7, 11) is 1.69. The first-order chi connectivity index (χ1) is 16.3. The molecule has 0 fully saturated rings. The summed E-state index contributed by atoms with van der Waals surface area (Å²) in [5.41, 5.74) is 3.67. The molecule has 0 N–H and O–H groups in total. The second kappa shape index (κ2) is 9.76. The topological polar surface area (TPSA) is 40.8 Å². The minimum absolute atomic E-state index is 0. The van der Waals surface area contributed by atoms with E-state index < -0.39 is 0 Å². The van der Waals surface area contributed by atoms with Crippen molar-refractivity contribution >= 4 is 22.5 Å². The highest BCUT2D eigenvalue weighted by Gasteiger charge is 2.28. The van der Waals surface area contributed by atoms with Gasteiger partial charge in [0.2, 0.25) is 12.5 Å². The zero-order valence-electron chi connectivity index (χ0n) is 18.8. The van der Waals surface area contributed by atoms with Crippen LogP contribution in [-0.2, 0) is 13.0 Å². The van der Waals surface area contributed by atoms with Crippen LogP contribution in [0.4, 0.5) is 0 Å². The maximum atomic E-state index is 6.29. The molecule has 0 radical (unpaired) electrons. The Bertz CT molecular complexity index is 1350. The summed E-state index contributed by atoms with van der Waals surface area (Å²) in [6, 6.07) is 20.9. The van der Waals surface area contributed by atoms with Gasteiger partial charge in [-0.05, 0) is 47.3 Å².